The summed E-state index contributed by atoms with van der Waals surface area (Å²) in [6.07, 6.45) is 1.59. The van der Waals surface area contributed by atoms with Crippen LogP contribution in [0.4, 0.5) is 8.78 Å². The van der Waals surface area contributed by atoms with Gasteiger partial charge in [0.1, 0.15) is 11.6 Å². The summed E-state index contributed by atoms with van der Waals surface area (Å²) in [5.41, 5.74) is 7.59. The van der Waals surface area contributed by atoms with Gasteiger partial charge in [0.25, 0.3) is 0 Å². The molecule has 0 aliphatic rings. The Hall–Kier alpha value is -1.88. The molecule has 0 spiro atoms. The van der Waals surface area contributed by atoms with Gasteiger partial charge in [-0.1, -0.05) is 0 Å². The SMILES string of the molecule is Cc1nc(-c2cc(F)cc(F)c2)ncc1[C@@H](C)N. The smallest absolute Gasteiger partial charge is 0.159 e. The maximum atomic E-state index is 13.1. The zero-order valence-electron chi connectivity index (χ0n) is 10.1. The number of nitrogens with zero attached hydrogens (tertiary/aromatic N) is 2. The first kappa shape index (κ1) is 12.6. The standard InChI is InChI=1S/C13H13F2N3/c1-7(16)12-6-17-13(18-8(12)2)9-3-10(14)5-11(15)4-9/h3-7H,16H2,1-2H3/t7-/m1/s1. The number of aromatic nitrogens is 2. The summed E-state index contributed by atoms with van der Waals surface area (Å²) in [4.78, 5) is 8.31. The van der Waals surface area contributed by atoms with Gasteiger partial charge in [0.2, 0.25) is 0 Å². The molecule has 0 aliphatic carbocycles. The number of rotatable bonds is 2. The van der Waals surface area contributed by atoms with Crippen molar-refractivity contribution >= 4 is 0 Å². The molecule has 0 saturated carbocycles. The van der Waals surface area contributed by atoms with Gasteiger partial charge < -0.3 is 5.73 Å². The molecule has 0 aliphatic heterocycles. The van der Waals surface area contributed by atoms with E-state index in [4.69, 9.17) is 5.73 Å². The molecule has 0 unspecified atom stereocenters. The largest absolute Gasteiger partial charge is 0.324 e. The Morgan fingerprint density at radius 2 is 1.78 bits per heavy atom. The van der Waals surface area contributed by atoms with Gasteiger partial charge in [-0.3, -0.25) is 0 Å². The molecule has 2 rings (SSSR count). The van der Waals surface area contributed by atoms with Gasteiger partial charge in [0, 0.05) is 35.1 Å². The van der Waals surface area contributed by atoms with Crippen LogP contribution in [0.2, 0.25) is 0 Å². The maximum Gasteiger partial charge on any atom is 0.159 e. The summed E-state index contributed by atoms with van der Waals surface area (Å²) in [6.45, 7) is 3.62. The highest BCUT2D eigenvalue weighted by Crippen LogP contribution is 2.20. The second-order valence-corrected chi connectivity index (χ2v) is 4.18. The highest BCUT2D eigenvalue weighted by molar-refractivity contribution is 5.55. The minimum atomic E-state index is -0.650. The lowest BCUT2D eigenvalue weighted by molar-refractivity contribution is 0.584. The lowest BCUT2D eigenvalue weighted by Gasteiger charge is -2.09. The first-order valence-corrected chi connectivity index (χ1v) is 5.53. The number of benzene rings is 1. The molecule has 0 fully saturated rings. The molecule has 0 amide bonds. The minimum absolute atomic E-state index is 0.178. The maximum absolute atomic E-state index is 13.1. The Morgan fingerprint density at radius 3 is 2.28 bits per heavy atom. The molecule has 2 aromatic rings. The van der Waals surface area contributed by atoms with Crippen molar-refractivity contribution in [1.29, 1.82) is 0 Å². The van der Waals surface area contributed by atoms with E-state index in [9.17, 15) is 8.78 Å². The molecule has 5 heteroatoms. The zero-order valence-corrected chi connectivity index (χ0v) is 10.1. The summed E-state index contributed by atoms with van der Waals surface area (Å²) < 4.78 is 26.2. The van der Waals surface area contributed by atoms with Crippen LogP contribution in [0.1, 0.15) is 24.2 Å². The first-order chi connectivity index (χ1) is 8.47. The average Bonchev–Trinajstić information content (AvgIpc) is 2.26. The van der Waals surface area contributed by atoms with Crippen LogP contribution >= 0.6 is 0 Å². The van der Waals surface area contributed by atoms with Crippen LogP contribution in [0.3, 0.4) is 0 Å². The third-order valence-electron chi connectivity index (χ3n) is 2.63. The van der Waals surface area contributed by atoms with Gasteiger partial charge in [-0.25, -0.2) is 18.7 Å². The van der Waals surface area contributed by atoms with E-state index < -0.39 is 11.6 Å². The van der Waals surface area contributed by atoms with Crippen LogP contribution in [-0.4, -0.2) is 9.97 Å². The van der Waals surface area contributed by atoms with Crippen LogP contribution in [-0.2, 0) is 0 Å². The third-order valence-corrected chi connectivity index (χ3v) is 2.63. The van der Waals surface area contributed by atoms with Gasteiger partial charge >= 0.3 is 0 Å². The molecule has 0 saturated heterocycles. The van der Waals surface area contributed by atoms with Crippen LogP contribution < -0.4 is 5.73 Å². The number of nitrogens with two attached hydrogens (primary N) is 1. The molecular weight excluding hydrogens is 236 g/mol. The van der Waals surface area contributed by atoms with Crippen molar-refractivity contribution in [1.82, 2.24) is 9.97 Å². The molecule has 1 atom stereocenters. The highest BCUT2D eigenvalue weighted by atomic mass is 19.1. The molecule has 94 valence electrons. The summed E-state index contributed by atoms with van der Waals surface area (Å²) in [6, 6.07) is 3.03. The molecule has 0 bridgehead atoms. The molecule has 3 nitrogen and oxygen atoms in total. The monoisotopic (exact) mass is 249 g/mol. The molecule has 1 aromatic carbocycles. The topological polar surface area (TPSA) is 51.8 Å². The number of hydrogen-bond donors (Lipinski definition) is 1. The van der Waals surface area contributed by atoms with E-state index in [-0.39, 0.29) is 11.9 Å². The van der Waals surface area contributed by atoms with Crippen LogP contribution in [0.5, 0.6) is 0 Å². The van der Waals surface area contributed by atoms with Crippen molar-refractivity contribution in [3.8, 4) is 11.4 Å². The van der Waals surface area contributed by atoms with Crippen LogP contribution in [0, 0.1) is 18.6 Å². The number of hydrogen-bond acceptors (Lipinski definition) is 3. The summed E-state index contributed by atoms with van der Waals surface area (Å²) >= 11 is 0. The summed E-state index contributed by atoms with van der Waals surface area (Å²) in [5.74, 6) is -1.01. The molecule has 1 aromatic heterocycles. The quantitative estimate of drug-likeness (QED) is 0.890. The molecule has 0 radical (unpaired) electrons. The Morgan fingerprint density at radius 1 is 1.17 bits per heavy atom. The molecule has 2 N–H and O–H groups in total. The van der Waals surface area contributed by atoms with Crippen molar-refractivity contribution in [2.24, 2.45) is 5.73 Å². The fourth-order valence-electron chi connectivity index (χ4n) is 1.75. The number of halogens is 2. The lowest BCUT2D eigenvalue weighted by atomic mass is 10.1. The van der Waals surface area contributed by atoms with Gasteiger partial charge in [0.15, 0.2) is 5.82 Å². The van der Waals surface area contributed by atoms with Crippen LogP contribution in [0.15, 0.2) is 24.4 Å². The predicted octanol–water partition coefficient (Wildman–Crippen LogP) is 2.75. The molecular formula is C13H13F2N3. The van der Waals surface area contributed by atoms with Crippen molar-refractivity contribution in [3.63, 3.8) is 0 Å². The Balaban J connectivity index is 2.48. The summed E-state index contributed by atoms with van der Waals surface area (Å²) in [7, 11) is 0. The molecule has 18 heavy (non-hydrogen) atoms. The first-order valence-electron chi connectivity index (χ1n) is 5.53. The molecule has 1 heterocycles. The zero-order chi connectivity index (χ0) is 13.3. The predicted molar refractivity (Wildman–Crippen MR) is 64.7 cm³/mol. The van der Waals surface area contributed by atoms with E-state index in [1.165, 1.54) is 12.1 Å². The van der Waals surface area contributed by atoms with Crippen molar-refractivity contribution in [3.05, 3.63) is 47.3 Å². The van der Waals surface area contributed by atoms with Gasteiger partial charge in [-0.2, -0.15) is 0 Å². The Labute approximate surface area is 104 Å². The third kappa shape index (κ3) is 2.51. The van der Waals surface area contributed by atoms with E-state index >= 15 is 0 Å². The second kappa shape index (κ2) is 4.78. The average molecular weight is 249 g/mol. The Kier molecular flexibility index (Phi) is 3.34. The fourth-order valence-corrected chi connectivity index (χ4v) is 1.75. The lowest BCUT2D eigenvalue weighted by Crippen LogP contribution is -2.09. The highest BCUT2D eigenvalue weighted by Gasteiger charge is 2.10. The van der Waals surface area contributed by atoms with Gasteiger partial charge in [0.05, 0.1) is 0 Å². The van der Waals surface area contributed by atoms with Crippen molar-refractivity contribution < 1.29 is 8.78 Å². The van der Waals surface area contributed by atoms with Gasteiger partial charge in [-0.15, -0.1) is 0 Å². The van der Waals surface area contributed by atoms with Gasteiger partial charge in [-0.05, 0) is 26.0 Å². The van der Waals surface area contributed by atoms with E-state index in [1.54, 1.807) is 13.1 Å². The van der Waals surface area contributed by atoms with E-state index in [1.807, 2.05) is 6.92 Å². The minimum Gasteiger partial charge on any atom is -0.324 e. The van der Waals surface area contributed by atoms with Crippen LogP contribution in [0.25, 0.3) is 11.4 Å². The number of aryl methyl sites for hydroxylation is 1. The van der Waals surface area contributed by atoms with E-state index in [0.717, 1.165) is 11.6 Å². The van der Waals surface area contributed by atoms with Crippen molar-refractivity contribution in [2.75, 3.05) is 0 Å². The van der Waals surface area contributed by atoms with E-state index in [2.05, 4.69) is 9.97 Å². The second-order valence-electron chi connectivity index (χ2n) is 4.18. The normalized spacial score (nSPS) is 12.5. The summed E-state index contributed by atoms with van der Waals surface area (Å²) in [5, 5.41) is 0. The fraction of sp³-hybridized carbons (Fsp3) is 0.231. The van der Waals surface area contributed by atoms with E-state index in [0.29, 0.717) is 11.3 Å². The Bertz CT molecular complexity index is 562. The van der Waals surface area contributed by atoms with Crippen molar-refractivity contribution in [2.45, 2.75) is 19.9 Å².